The molecular formula is C8H13N3O6. The van der Waals surface area contributed by atoms with Gasteiger partial charge in [0.25, 0.3) is 5.91 Å². The SMILES string of the molecule is COC(=O)NCNC(=O)C(=O)CNC(=O)OC. The number of hydrogen-bond acceptors (Lipinski definition) is 6. The Morgan fingerprint density at radius 1 is 0.882 bits per heavy atom. The van der Waals surface area contributed by atoms with Crippen LogP contribution in [0.2, 0.25) is 0 Å². The average molecular weight is 247 g/mol. The monoisotopic (exact) mass is 247 g/mol. The number of carbonyl (C=O) groups is 4. The first-order valence-electron chi connectivity index (χ1n) is 4.46. The zero-order valence-corrected chi connectivity index (χ0v) is 9.36. The van der Waals surface area contributed by atoms with E-state index in [1.165, 1.54) is 0 Å². The van der Waals surface area contributed by atoms with Crippen molar-refractivity contribution in [3.05, 3.63) is 0 Å². The predicted octanol–water partition coefficient (Wildman–Crippen LogP) is -1.66. The maximum absolute atomic E-state index is 11.1. The third-order valence-electron chi connectivity index (χ3n) is 1.50. The third-order valence-corrected chi connectivity index (χ3v) is 1.50. The molecule has 0 aromatic heterocycles. The standard InChI is InChI=1S/C8H13N3O6/c1-16-7(14)9-3-5(12)6(13)10-4-11-8(15)17-2/h3-4H2,1-2H3,(H,9,14)(H,10,13)(H,11,15). The molecule has 0 spiro atoms. The summed E-state index contributed by atoms with van der Waals surface area (Å²) in [6, 6.07) is 0. The van der Waals surface area contributed by atoms with Crippen molar-refractivity contribution in [1.82, 2.24) is 16.0 Å². The van der Waals surface area contributed by atoms with Gasteiger partial charge < -0.3 is 25.4 Å². The minimum absolute atomic E-state index is 0.254. The topological polar surface area (TPSA) is 123 Å². The summed E-state index contributed by atoms with van der Waals surface area (Å²) in [6.45, 7) is -0.744. The number of nitrogens with one attached hydrogen (secondary N) is 3. The van der Waals surface area contributed by atoms with Crippen LogP contribution in [0.5, 0.6) is 0 Å². The number of rotatable bonds is 5. The van der Waals surface area contributed by atoms with E-state index in [1.54, 1.807) is 0 Å². The lowest BCUT2D eigenvalue weighted by molar-refractivity contribution is -0.137. The summed E-state index contributed by atoms with van der Waals surface area (Å²) in [6.07, 6.45) is -1.57. The van der Waals surface area contributed by atoms with Crippen molar-refractivity contribution < 1.29 is 28.7 Å². The minimum atomic E-state index is -0.946. The van der Waals surface area contributed by atoms with Crippen molar-refractivity contribution in [2.24, 2.45) is 0 Å². The molecule has 0 aliphatic rings. The average Bonchev–Trinajstić information content (AvgIpc) is 2.34. The van der Waals surface area contributed by atoms with Gasteiger partial charge in [0.2, 0.25) is 5.78 Å². The Morgan fingerprint density at radius 2 is 1.41 bits per heavy atom. The van der Waals surface area contributed by atoms with Gasteiger partial charge in [0.1, 0.15) is 0 Å². The van der Waals surface area contributed by atoms with E-state index >= 15 is 0 Å². The van der Waals surface area contributed by atoms with Crippen LogP contribution in [0.3, 0.4) is 0 Å². The number of ether oxygens (including phenoxy) is 2. The van der Waals surface area contributed by atoms with E-state index in [-0.39, 0.29) is 6.67 Å². The fourth-order valence-corrected chi connectivity index (χ4v) is 0.672. The van der Waals surface area contributed by atoms with E-state index in [1.807, 2.05) is 5.32 Å². The lowest BCUT2D eigenvalue weighted by atomic mass is 10.4. The van der Waals surface area contributed by atoms with Gasteiger partial charge in [-0.15, -0.1) is 0 Å². The second kappa shape index (κ2) is 7.91. The smallest absolute Gasteiger partial charge is 0.408 e. The molecule has 0 saturated heterocycles. The van der Waals surface area contributed by atoms with Gasteiger partial charge >= 0.3 is 12.2 Å². The van der Waals surface area contributed by atoms with Gasteiger partial charge in [-0.2, -0.15) is 0 Å². The molecule has 17 heavy (non-hydrogen) atoms. The molecule has 0 saturated carbocycles. The second-order valence-corrected chi connectivity index (χ2v) is 2.62. The van der Waals surface area contributed by atoms with Gasteiger partial charge in [-0.25, -0.2) is 9.59 Å². The van der Waals surface area contributed by atoms with Crippen LogP contribution in [-0.2, 0) is 19.1 Å². The molecule has 0 unspecified atom stereocenters. The maximum atomic E-state index is 11.1. The molecule has 0 aromatic rings. The predicted molar refractivity (Wildman–Crippen MR) is 54.0 cm³/mol. The van der Waals surface area contributed by atoms with Crippen LogP contribution in [0.4, 0.5) is 9.59 Å². The first kappa shape index (κ1) is 14.7. The van der Waals surface area contributed by atoms with Crippen LogP contribution >= 0.6 is 0 Å². The fourth-order valence-electron chi connectivity index (χ4n) is 0.672. The van der Waals surface area contributed by atoms with Crippen molar-refractivity contribution in [2.45, 2.75) is 0 Å². The molecule has 0 rings (SSSR count). The maximum Gasteiger partial charge on any atom is 0.408 e. The Bertz CT molecular complexity index is 316. The van der Waals surface area contributed by atoms with Crippen molar-refractivity contribution in [2.75, 3.05) is 27.4 Å². The molecule has 0 aliphatic heterocycles. The molecule has 9 nitrogen and oxygen atoms in total. The summed E-state index contributed by atoms with van der Waals surface area (Å²) in [5.41, 5.74) is 0. The summed E-state index contributed by atoms with van der Waals surface area (Å²) in [7, 11) is 2.28. The van der Waals surface area contributed by atoms with Crippen LogP contribution < -0.4 is 16.0 Å². The highest BCUT2D eigenvalue weighted by atomic mass is 16.5. The Labute approximate surface area is 96.8 Å². The van der Waals surface area contributed by atoms with Gasteiger partial charge in [-0.05, 0) is 0 Å². The molecule has 0 radical (unpaired) electrons. The number of alkyl carbamates (subject to hydrolysis) is 2. The lowest BCUT2D eigenvalue weighted by Crippen LogP contribution is -2.43. The number of hydrogen-bond donors (Lipinski definition) is 3. The van der Waals surface area contributed by atoms with E-state index < -0.39 is 30.4 Å². The molecule has 9 heteroatoms. The Kier molecular flexibility index (Phi) is 6.83. The second-order valence-electron chi connectivity index (χ2n) is 2.62. The molecule has 0 heterocycles. The highest BCUT2D eigenvalue weighted by molar-refractivity contribution is 6.37. The van der Waals surface area contributed by atoms with Crippen molar-refractivity contribution in [3.8, 4) is 0 Å². The third kappa shape index (κ3) is 6.71. The van der Waals surface area contributed by atoms with E-state index in [0.717, 1.165) is 14.2 Å². The summed E-state index contributed by atoms with van der Waals surface area (Å²) >= 11 is 0. The van der Waals surface area contributed by atoms with Gasteiger partial charge in [0, 0.05) is 0 Å². The van der Waals surface area contributed by atoms with E-state index in [9.17, 15) is 19.2 Å². The van der Waals surface area contributed by atoms with Crippen LogP contribution in [0.1, 0.15) is 0 Å². The van der Waals surface area contributed by atoms with E-state index in [4.69, 9.17) is 0 Å². The van der Waals surface area contributed by atoms with Crippen LogP contribution in [0, 0.1) is 0 Å². The summed E-state index contributed by atoms with van der Waals surface area (Å²) in [5.74, 6) is -1.82. The number of Topliss-reactive ketones (excluding diaryl/α,β-unsaturated/α-hetero) is 1. The van der Waals surface area contributed by atoms with Crippen molar-refractivity contribution in [1.29, 1.82) is 0 Å². The lowest BCUT2D eigenvalue weighted by Gasteiger charge is -2.06. The Hall–Kier alpha value is -2.32. The van der Waals surface area contributed by atoms with Crippen LogP contribution in [0.25, 0.3) is 0 Å². The van der Waals surface area contributed by atoms with Gasteiger partial charge in [-0.1, -0.05) is 0 Å². The number of methoxy groups -OCH3 is 2. The largest absolute Gasteiger partial charge is 0.453 e. The van der Waals surface area contributed by atoms with Gasteiger partial charge in [0.05, 0.1) is 27.4 Å². The fraction of sp³-hybridized carbons (Fsp3) is 0.500. The van der Waals surface area contributed by atoms with Crippen molar-refractivity contribution >= 4 is 23.9 Å². The number of ketones is 1. The van der Waals surface area contributed by atoms with Crippen LogP contribution in [0.15, 0.2) is 0 Å². The van der Waals surface area contributed by atoms with E-state index in [2.05, 4.69) is 20.1 Å². The molecule has 0 atom stereocenters. The van der Waals surface area contributed by atoms with E-state index in [0.29, 0.717) is 0 Å². The summed E-state index contributed by atoms with van der Waals surface area (Å²) < 4.78 is 8.43. The molecule has 0 bridgehead atoms. The highest BCUT2D eigenvalue weighted by Crippen LogP contribution is 1.75. The molecule has 0 aromatic carbocycles. The molecular weight excluding hydrogens is 234 g/mol. The van der Waals surface area contributed by atoms with Crippen LogP contribution in [-0.4, -0.2) is 51.3 Å². The normalized spacial score (nSPS) is 8.82. The number of carbonyl (C=O) groups excluding carboxylic acids is 4. The summed E-state index contributed by atoms with van der Waals surface area (Å²) in [4.78, 5) is 43.3. The zero-order chi connectivity index (χ0) is 13.3. The number of amides is 3. The minimum Gasteiger partial charge on any atom is -0.453 e. The molecule has 96 valence electrons. The zero-order valence-electron chi connectivity index (χ0n) is 9.36. The molecule has 0 aliphatic carbocycles. The highest BCUT2D eigenvalue weighted by Gasteiger charge is 2.14. The summed E-state index contributed by atoms with van der Waals surface area (Å²) in [5, 5.41) is 6.27. The Morgan fingerprint density at radius 3 is 1.94 bits per heavy atom. The van der Waals surface area contributed by atoms with Gasteiger partial charge in [-0.3, -0.25) is 9.59 Å². The molecule has 0 fully saturated rings. The van der Waals surface area contributed by atoms with Gasteiger partial charge in [0.15, 0.2) is 0 Å². The first-order valence-corrected chi connectivity index (χ1v) is 4.46. The molecule has 3 amide bonds. The Balaban J connectivity index is 3.79. The molecule has 3 N–H and O–H groups in total. The first-order chi connectivity index (χ1) is 8.01. The van der Waals surface area contributed by atoms with Crippen molar-refractivity contribution in [3.63, 3.8) is 0 Å². The quantitative estimate of drug-likeness (QED) is 0.395.